The van der Waals surface area contributed by atoms with Crippen molar-refractivity contribution in [2.24, 2.45) is 5.10 Å². The predicted octanol–water partition coefficient (Wildman–Crippen LogP) is -0.422. The van der Waals surface area contributed by atoms with Gasteiger partial charge in [-0.2, -0.15) is 5.10 Å². The van der Waals surface area contributed by atoms with E-state index in [0.29, 0.717) is 31.6 Å². The molecule has 1 unspecified atom stereocenters. The molecule has 0 spiro atoms. The van der Waals surface area contributed by atoms with Crippen molar-refractivity contribution in [2.75, 3.05) is 20.1 Å². The fourth-order valence-corrected chi connectivity index (χ4v) is 2.15. The molecule has 0 aliphatic carbocycles. The quantitative estimate of drug-likeness (QED) is 0.675. The normalized spacial score (nSPS) is 25.9. The zero-order chi connectivity index (χ0) is 12.4. The van der Waals surface area contributed by atoms with Gasteiger partial charge in [-0.1, -0.05) is 0 Å². The minimum Gasteiger partial charge on any atom is -0.391 e. The van der Waals surface area contributed by atoms with E-state index in [1.54, 1.807) is 11.9 Å². The third kappa shape index (κ3) is 2.63. The minimum absolute atomic E-state index is 0.0692. The Labute approximate surface area is 99.9 Å². The number of nitrogens with zero attached hydrogens (tertiary/aromatic N) is 3. The molecule has 2 rings (SSSR count). The van der Waals surface area contributed by atoms with Crippen LogP contribution in [0.3, 0.4) is 0 Å². The maximum Gasteiger partial charge on any atom is 0.270 e. The number of hydrogen-bond donors (Lipinski definition) is 1. The molecule has 0 saturated carbocycles. The Bertz CT molecular complexity index is 367. The number of aliphatic hydroxyl groups is 1. The van der Waals surface area contributed by atoms with E-state index in [2.05, 4.69) is 5.10 Å². The largest absolute Gasteiger partial charge is 0.391 e. The summed E-state index contributed by atoms with van der Waals surface area (Å²) in [7, 11) is 1.56. The number of hydrazone groups is 1. The number of piperidine rings is 1. The molecule has 1 fully saturated rings. The van der Waals surface area contributed by atoms with E-state index >= 15 is 0 Å². The van der Waals surface area contributed by atoms with Crippen molar-refractivity contribution in [3.63, 3.8) is 0 Å². The summed E-state index contributed by atoms with van der Waals surface area (Å²) in [6.07, 6.45) is 1.85. The molecular formula is C11H17N3O3. The van der Waals surface area contributed by atoms with Crippen LogP contribution in [0.15, 0.2) is 5.10 Å². The van der Waals surface area contributed by atoms with E-state index in [4.69, 9.17) is 0 Å². The van der Waals surface area contributed by atoms with Gasteiger partial charge in [0.25, 0.3) is 5.91 Å². The second-order valence-electron chi connectivity index (χ2n) is 4.51. The number of hydrogen-bond acceptors (Lipinski definition) is 4. The molecule has 0 bridgehead atoms. The topological polar surface area (TPSA) is 73.2 Å². The Morgan fingerprint density at radius 3 is 2.88 bits per heavy atom. The van der Waals surface area contributed by atoms with Crippen LogP contribution in [0.5, 0.6) is 0 Å². The van der Waals surface area contributed by atoms with Crippen molar-refractivity contribution < 1.29 is 14.7 Å². The third-order valence-electron chi connectivity index (χ3n) is 3.14. The van der Waals surface area contributed by atoms with E-state index in [1.807, 2.05) is 0 Å². The maximum atomic E-state index is 12.1. The average molecular weight is 239 g/mol. The highest BCUT2D eigenvalue weighted by atomic mass is 16.3. The molecular weight excluding hydrogens is 222 g/mol. The minimum atomic E-state index is -0.434. The first kappa shape index (κ1) is 12.0. The first-order valence-corrected chi connectivity index (χ1v) is 5.89. The van der Waals surface area contributed by atoms with Gasteiger partial charge in [-0.05, 0) is 12.8 Å². The summed E-state index contributed by atoms with van der Waals surface area (Å²) in [5.74, 6) is -0.219. The summed E-state index contributed by atoms with van der Waals surface area (Å²) >= 11 is 0. The lowest BCUT2D eigenvalue weighted by Crippen LogP contribution is -2.46. The molecule has 0 aromatic rings. The molecule has 94 valence electrons. The molecule has 0 radical (unpaired) electrons. The average Bonchev–Trinajstić information content (AvgIpc) is 2.32. The van der Waals surface area contributed by atoms with E-state index < -0.39 is 6.10 Å². The standard InChI is InChI=1S/C11H17N3O3/c1-13-10(16)5-4-9(12-13)11(17)14-6-2-3-8(15)7-14/h8,15H,2-7H2,1H3. The van der Waals surface area contributed by atoms with Crippen LogP contribution in [0, 0.1) is 0 Å². The van der Waals surface area contributed by atoms with Crippen LogP contribution >= 0.6 is 0 Å². The highest BCUT2D eigenvalue weighted by Gasteiger charge is 2.28. The molecule has 0 aromatic carbocycles. The lowest BCUT2D eigenvalue weighted by atomic mass is 10.1. The Morgan fingerprint density at radius 1 is 1.47 bits per heavy atom. The van der Waals surface area contributed by atoms with E-state index in [9.17, 15) is 14.7 Å². The number of rotatable bonds is 1. The molecule has 1 saturated heterocycles. The molecule has 2 aliphatic heterocycles. The van der Waals surface area contributed by atoms with E-state index in [1.165, 1.54) is 5.01 Å². The van der Waals surface area contributed by atoms with Gasteiger partial charge in [0.2, 0.25) is 5.91 Å². The molecule has 2 heterocycles. The Hall–Kier alpha value is -1.43. The van der Waals surface area contributed by atoms with Gasteiger partial charge in [-0.25, -0.2) is 5.01 Å². The summed E-state index contributed by atoms with van der Waals surface area (Å²) in [6, 6.07) is 0. The van der Waals surface area contributed by atoms with Gasteiger partial charge in [-0.15, -0.1) is 0 Å². The van der Waals surface area contributed by atoms with Crippen LogP contribution in [-0.4, -0.2) is 58.8 Å². The summed E-state index contributed by atoms with van der Waals surface area (Å²) in [5, 5.41) is 14.7. The van der Waals surface area contributed by atoms with Gasteiger partial charge < -0.3 is 10.0 Å². The third-order valence-corrected chi connectivity index (χ3v) is 3.14. The summed E-state index contributed by atoms with van der Waals surface area (Å²) < 4.78 is 0. The van der Waals surface area contributed by atoms with Crippen molar-refractivity contribution in [2.45, 2.75) is 31.8 Å². The highest BCUT2D eigenvalue weighted by molar-refractivity contribution is 6.39. The number of carbonyl (C=O) groups is 2. The number of likely N-dealkylation sites (tertiary alicyclic amines) is 1. The zero-order valence-corrected chi connectivity index (χ0v) is 9.93. The van der Waals surface area contributed by atoms with Crippen molar-refractivity contribution >= 4 is 17.5 Å². The molecule has 1 atom stereocenters. The fourth-order valence-electron chi connectivity index (χ4n) is 2.15. The van der Waals surface area contributed by atoms with Crippen molar-refractivity contribution in [1.29, 1.82) is 0 Å². The molecule has 6 nitrogen and oxygen atoms in total. The van der Waals surface area contributed by atoms with Crippen LogP contribution in [0.2, 0.25) is 0 Å². The smallest absolute Gasteiger partial charge is 0.270 e. The number of carbonyl (C=O) groups excluding carboxylic acids is 2. The molecule has 2 amide bonds. The van der Waals surface area contributed by atoms with E-state index in [-0.39, 0.29) is 11.8 Å². The number of aliphatic hydroxyl groups excluding tert-OH is 1. The SMILES string of the molecule is CN1N=C(C(=O)N2CCCC(O)C2)CCC1=O. The number of β-amino-alcohol motifs (C(OH)–C–C–N with tert-alkyl or cyclic N) is 1. The molecule has 2 aliphatic rings. The van der Waals surface area contributed by atoms with Gasteiger partial charge in [-0.3, -0.25) is 9.59 Å². The summed E-state index contributed by atoms with van der Waals surface area (Å²) in [4.78, 5) is 25.0. The molecule has 1 N–H and O–H groups in total. The zero-order valence-electron chi connectivity index (χ0n) is 9.93. The Kier molecular flexibility index (Phi) is 3.42. The highest BCUT2D eigenvalue weighted by Crippen LogP contribution is 2.14. The summed E-state index contributed by atoms with van der Waals surface area (Å²) in [6.45, 7) is 1.03. The van der Waals surface area contributed by atoms with Crippen LogP contribution in [0.25, 0.3) is 0 Å². The fraction of sp³-hybridized carbons (Fsp3) is 0.727. The first-order valence-electron chi connectivity index (χ1n) is 5.89. The number of amides is 2. The van der Waals surface area contributed by atoms with Crippen LogP contribution < -0.4 is 0 Å². The van der Waals surface area contributed by atoms with Gasteiger partial charge in [0.15, 0.2) is 0 Å². The summed E-state index contributed by atoms with van der Waals surface area (Å²) in [5.41, 5.74) is 0.418. The molecule has 0 aromatic heterocycles. The second kappa shape index (κ2) is 4.83. The lowest BCUT2D eigenvalue weighted by molar-refractivity contribution is -0.131. The Morgan fingerprint density at radius 2 is 2.24 bits per heavy atom. The lowest BCUT2D eigenvalue weighted by Gasteiger charge is -2.31. The van der Waals surface area contributed by atoms with Crippen LogP contribution in [0.1, 0.15) is 25.7 Å². The monoisotopic (exact) mass is 239 g/mol. The molecule has 6 heteroatoms. The second-order valence-corrected chi connectivity index (χ2v) is 4.51. The van der Waals surface area contributed by atoms with E-state index in [0.717, 1.165) is 12.8 Å². The van der Waals surface area contributed by atoms with Gasteiger partial charge in [0, 0.05) is 33.0 Å². The van der Waals surface area contributed by atoms with Crippen LogP contribution in [-0.2, 0) is 9.59 Å². The predicted molar refractivity (Wildman–Crippen MR) is 61.3 cm³/mol. The van der Waals surface area contributed by atoms with Crippen molar-refractivity contribution in [3.8, 4) is 0 Å². The molecule has 17 heavy (non-hydrogen) atoms. The van der Waals surface area contributed by atoms with Crippen molar-refractivity contribution in [3.05, 3.63) is 0 Å². The van der Waals surface area contributed by atoms with Crippen molar-refractivity contribution in [1.82, 2.24) is 9.91 Å². The first-order chi connectivity index (χ1) is 8.08. The maximum absolute atomic E-state index is 12.1. The van der Waals surface area contributed by atoms with Gasteiger partial charge in [0.1, 0.15) is 5.71 Å². The van der Waals surface area contributed by atoms with Gasteiger partial charge >= 0.3 is 0 Å². The van der Waals surface area contributed by atoms with Gasteiger partial charge in [0.05, 0.1) is 6.10 Å². The Balaban J connectivity index is 2.04. The van der Waals surface area contributed by atoms with Crippen LogP contribution in [0.4, 0.5) is 0 Å².